The number of halogens is 1. The first-order valence-corrected chi connectivity index (χ1v) is 8.44. The monoisotopic (exact) mass is 337 g/mol. The summed E-state index contributed by atoms with van der Waals surface area (Å²) in [5.41, 5.74) is 4.05. The predicted molar refractivity (Wildman–Crippen MR) is 87.9 cm³/mol. The van der Waals surface area contributed by atoms with Crippen LogP contribution in [0.2, 0.25) is 0 Å². The molecule has 0 spiro atoms. The van der Waals surface area contributed by atoms with Gasteiger partial charge in [-0.1, -0.05) is 35.0 Å². The lowest BCUT2D eigenvalue weighted by Crippen LogP contribution is -2.24. The van der Waals surface area contributed by atoms with Gasteiger partial charge >= 0.3 is 0 Å². The number of aryl methyl sites for hydroxylation is 1. The largest absolute Gasteiger partial charge is 0.310 e. The van der Waals surface area contributed by atoms with E-state index in [9.17, 15) is 0 Å². The molecular formula is C16H20BrNS. The van der Waals surface area contributed by atoms with Crippen LogP contribution in [0.1, 0.15) is 36.1 Å². The Morgan fingerprint density at radius 3 is 2.79 bits per heavy atom. The lowest BCUT2D eigenvalue weighted by atomic mass is 9.99. The Morgan fingerprint density at radius 1 is 1.32 bits per heavy atom. The van der Waals surface area contributed by atoms with Crippen LogP contribution < -0.4 is 5.32 Å². The van der Waals surface area contributed by atoms with Crippen LogP contribution >= 0.6 is 27.3 Å². The molecule has 0 aliphatic heterocycles. The summed E-state index contributed by atoms with van der Waals surface area (Å²) in [5.74, 6) is 0. The van der Waals surface area contributed by atoms with Gasteiger partial charge in [0.25, 0.3) is 0 Å². The molecular weight excluding hydrogens is 318 g/mol. The van der Waals surface area contributed by atoms with Gasteiger partial charge in [0, 0.05) is 10.5 Å². The molecule has 2 rings (SSSR count). The first-order chi connectivity index (χ1) is 9.20. The summed E-state index contributed by atoms with van der Waals surface area (Å²) in [5, 5.41) is 8.05. The van der Waals surface area contributed by atoms with E-state index in [1.54, 1.807) is 11.3 Å². The SMILES string of the molecule is CCCNC(Cc1ccsc1)c1ccc(C)cc1Br. The fourth-order valence-electron chi connectivity index (χ4n) is 2.17. The highest BCUT2D eigenvalue weighted by molar-refractivity contribution is 9.10. The molecule has 0 radical (unpaired) electrons. The molecule has 1 heterocycles. The van der Waals surface area contributed by atoms with Crippen molar-refractivity contribution in [2.45, 2.75) is 32.7 Å². The Hall–Kier alpha value is -0.640. The topological polar surface area (TPSA) is 12.0 Å². The van der Waals surface area contributed by atoms with Crippen molar-refractivity contribution in [3.05, 3.63) is 56.2 Å². The van der Waals surface area contributed by atoms with Gasteiger partial charge in [-0.05, 0) is 65.9 Å². The third-order valence-electron chi connectivity index (χ3n) is 3.19. The van der Waals surface area contributed by atoms with Crippen LogP contribution in [-0.2, 0) is 6.42 Å². The maximum absolute atomic E-state index is 3.71. The Morgan fingerprint density at radius 2 is 2.16 bits per heavy atom. The molecule has 0 bridgehead atoms. The maximum Gasteiger partial charge on any atom is 0.0372 e. The van der Waals surface area contributed by atoms with Gasteiger partial charge in [-0.3, -0.25) is 0 Å². The van der Waals surface area contributed by atoms with Crippen molar-refractivity contribution in [3.63, 3.8) is 0 Å². The smallest absolute Gasteiger partial charge is 0.0372 e. The molecule has 0 amide bonds. The van der Waals surface area contributed by atoms with Gasteiger partial charge in [0.15, 0.2) is 0 Å². The minimum atomic E-state index is 0.379. The van der Waals surface area contributed by atoms with Crippen molar-refractivity contribution in [1.82, 2.24) is 5.32 Å². The Labute approximate surface area is 128 Å². The minimum Gasteiger partial charge on any atom is -0.310 e. The fraction of sp³-hybridized carbons (Fsp3) is 0.375. The van der Waals surface area contributed by atoms with Gasteiger partial charge in [-0.25, -0.2) is 0 Å². The van der Waals surface area contributed by atoms with Crippen molar-refractivity contribution >= 4 is 27.3 Å². The van der Waals surface area contributed by atoms with Crippen LogP contribution in [0.5, 0.6) is 0 Å². The lowest BCUT2D eigenvalue weighted by Gasteiger charge is -2.20. The molecule has 0 aliphatic rings. The van der Waals surface area contributed by atoms with E-state index < -0.39 is 0 Å². The molecule has 102 valence electrons. The molecule has 2 aromatic rings. The molecule has 0 saturated carbocycles. The quantitative estimate of drug-likeness (QED) is 0.772. The summed E-state index contributed by atoms with van der Waals surface area (Å²) in [6.07, 6.45) is 2.20. The summed E-state index contributed by atoms with van der Waals surface area (Å²) in [4.78, 5) is 0. The molecule has 1 nitrogen and oxygen atoms in total. The Kier molecular flexibility index (Phi) is 5.61. The van der Waals surface area contributed by atoms with E-state index in [1.165, 1.54) is 21.2 Å². The van der Waals surface area contributed by atoms with E-state index in [2.05, 4.69) is 70.1 Å². The molecule has 3 heteroatoms. The van der Waals surface area contributed by atoms with Crippen molar-refractivity contribution in [1.29, 1.82) is 0 Å². The van der Waals surface area contributed by atoms with Crippen LogP contribution in [0.4, 0.5) is 0 Å². The molecule has 0 aliphatic carbocycles. The predicted octanol–water partition coefficient (Wildman–Crippen LogP) is 5.10. The van der Waals surface area contributed by atoms with E-state index in [1.807, 2.05) is 0 Å². The molecule has 0 fully saturated rings. The third-order valence-corrected chi connectivity index (χ3v) is 4.61. The normalized spacial score (nSPS) is 12.6. The second kappa shape index (κ2) is 7.22. The Bertz CT molecular complexity index is 507. The van der Waals surface area contributed by atoms with Gasteiger partial charge in [-0.15, -0.1) is 0 Å². The number of nitrogens with one attached hydrogen (secondary N) is 1. The van der Waals surface area contributed by atoms with Crippen LogP contribution in [0, 0.1) is 6.92 Å². The highest BCUT2D eigenvalue weighted by atomic mass is 79.9. The van der Waals surface area contributed by atoms with Gasteiger partial charge in [0.2, 0.25) is 0 Å². The molecule has 1 atom stereocenters. The number of benzene rings is 1. The minimum absolute atomic E-state index is 0.379. The molecule has 1 N–H and O–H groups in total. The Balaban J connectivity index is 2.20. The van der Waals surface area contributed by atoms with Crippen molar-refractivity contribution < 1.29 is 0 Å². The van der Waals surface area contributed by atoms with E-state index in [0.717, 1.165) is 19.4 Å². The average molecular weight is 338 g/mol. The highest BCUT2D eigenvalue weighted by Gasteiger charge is 2.14. The van der Waals surface area contributed by atoms with Crippen molar-refractivity contribution in [2.75, 3.05) is 6.54 Å². The lowest BCUT2D eigenvalue weighted by molar-refractivity contribution is 0.528. The second-order valence-electron chi connectivity index (χ2n) is 4.87. The van der Waals surface area contributed by atoms with Gasteiger partial charge in [0.05, 0.1) is 0 Å². The van der Waals surface area contributed by atoms with E-state index in [0.29, 0.717) is 6.04 Å². The van der Waals surface area contributed by atoms with Crippen LogP contribution in [-0.4, -0.2) is 6.54 Å². The number of hydrogen-bond donors (Lipinski definition) is 1. The van der Waals surface area contributed by atoms with Crippen LogP contribution in [0.15, 0.2) is 39.5 Å². The number of thiophene rings is 1. The van der Waals surface area contributed by atoms with E-state index in [4.69, 9.17) is 0 Å². The zero-order valence-electron chi connectivity index (χ0n) is 11.4. The summed E-state index contributed by atoms with van der Waals surface area (Å²) in [7, 11) is 0. The summed E-state index contributed by atoms with van der Waals surface area (Å²) in [6, 6.07) is 9.22. The van der Waals surface area contributed by atoms with Crippen molar-refractivity contribution in [2.24, 2.45) is 0 Å². The molecule has 0 saturated heterocycles. The standard InChI is InChI=1S/C16H20BrNS/c1-3-7-18-16(10-13-6-8-19-11-13)14-5-4-12(2)9-15(14)17/h4-6,8-9,11,16,18H,3,7,10H2,1-2H3. The first kappa shape index (κ1) is 14.8. The third kappa shape index (κ3) is 4.16. The van der Waals surface area contributed by atoms with Crippen molar-refractivity contribution in [3.8, 4) is 0 Å². The highest BCUT2D eigenvalue weighted by Crippen LogP contribution is 2.27. The maximum atomic E-state index is 3.71. The first-order valence-electron chi connectivity index (χ1n) is 6.71. The fourth-order valence-corrected chi connectivity index (χ4v) is 3.62. The molecule has 1 aromatic heterocycles. The van der Waals surface area contributed by atoms with E-state index >= 15 is 0 Å². The summed E-state index contributed by atoms with van der Waals surface area (Å²) >= 11 is 5.47. The second-order valence-corrected chi connectivity index (χ2v) is 6.50. The average Bonchev–Trinajstić information content (AvgIpc) is 2.88. The summed E-state index contributed by atoms with van der Waals surface area (Å²) in [6.45, 7) is 5.38. The molecule has 19 heavy (non-hydrogen) atoms. The molecule has 1 unspecified atom stereocenters. The zero-order chi connectivity index (χ0) is 13.7. The van der Waals surface area contributed by atoms with E-state index in [-0.39, 0.29) is 0 Å². The number of rotatable bonds is 6. The zero-order valence-corrected chi connectivity index (χ0v) is 13.9. The van der Waals surface area contributed by atoms with Crippen LogP contribution in [0.3, 0.4) is 0 Å². The van der Waals surface area contributed by atoms with Gasteiger partial charge in [-0.2, -0.15) is 11.3 Å². The summed E-state index contributed by atoms with van der Waals surface area (Å²) < 4.78 is 1.20. The van der Waals surface area contributed by atoms with Crippen LogP contribution in [0.25, 0.3) is 0 Å². The number of hydrogen-bond acceptors (Lipinski definition) is 2. The van der Waals surface area contributed by atoms with Gasteiger partial charge in [0.1, 0.15) is 0 Å². The molecule has 1 aromatic carbocycles. The van der Waals surface area contributed by atoms with Gasteiger partial charge < -0.3 is 5.32 Å².